The van der Waals surface area contributed by atoms with E-state index in [0.717, 1.165) is 5.56 Å². The van der Waals surface area contributed by atoms with Crippen molar-refractivity contribution in [3.05, 3.63) is 54.1 Å². The number of aromatic nitrogens is 2. The molecule has 1 aromatic heterocycles. The van der Waals surface area contributed by atoms with E-state index in [2.05, 4.69) is 15.3 Å². The van der Waals surface area contributed by atoms with Gasteiger partial charge in [-0.2, -0.15) is 0 Å². The van der Waals surface area contributed by atoms with E-state index in [9.17, 15) is 4.79 Å². The van der Waals surface area contributed by atoms with Crippen molar-refractivity contribution >= 4 is 6.09 Å². The molecule has 5 nitrogen and oxygen atoms in total. The van der Waals surface area contributed by atoms with Gasteiger partial charge in [-0.15, -0.1) is 0 Å². The molecule has 0 radical (unpaired) electrons. The van der Waals surface area contributed by atoms with Crippen LogP contribution >= 0.6 is 0 Å². The molecule has 0 aliphatic carbocycles. The van der Waals surface area contributed by atoms with Gasteiger partial charge in [0.05, 0.1) is 6.54 Å². The predicted octanol–water partition coefficient (Wildman–Crippen LogP) is 1.84. The van der Waals surface area contributed by atoms with Gasteiger partial charge in [-0.05, 0) is 5.56 Å². The van der Waals surface area contributed by atoms with E-state index in [1.54, 1.807) is 12.4 Å². The van der Waals surface area contributed by atoms with E-state index in [4.69, 9.17) is 4.74 Å². The summed E-state index contributed by atoms with van der Waals surface area (Å²) in [6.07, 6.45) is 2.88. The van der Waals surface area contributed by atoms with E-state index in [0.29, 0.717) is 12.4 Å². The lowest BCUT2D eigenvalue weighted by molar-refractivity contribution is 0.139. The van der Waals surface area contributed by atoms with Gasteiger partial charge < -0.3 is 15.0 Å². The summed E-state index contributed by atoms with van der Waals surface area (Å²) in [7, 11) is 0. The van der Waals surface area contributed by atoms with Gasteiger partial charge in [-0.3, -0.25) is 0 Å². The SMILES string of the molecule is O=C(NCc1ncc[nH]1)OCc1ccccc1. The lowest BCUT2D eigenvalue weighted by Gasteiger charge is -2.05. The molecule has 5 heteroatoms. The highest BCUT2D eigenvalue weighted by Crippen LogP contribution is 2.00. The first-order valence-electron chi connectivity index (χ1n) is 5.27. The molecule has 1 aromatic carbocycles. The van der Waals surface area contributed by atoms with Crippen molar-refractivity contribution in [2.75, 3.05) is 0 Å². The summed E-state index contributed by atoms with van der Waals surface area (Å²) in [6, 6.07) is 9.53. The molecule has 0 aliphatic heterocycles. The highest BCUT2D eigenvalue weighted by atomic mass is 16.5. The zero-order valence-corrected chi connectivity index (χ0v) is 9.22. The van der Waals surface area contributed by atoms with E-state index >= 15 is 0 Å². The smallest absolute Gasteiger partial charge is 0.407 e. The van der Waals surface area contributed by atoms with Gasteiger partial charge in [0.25, 0.3) is 0 Å². The Hall–Kier alpha value is -2.30. The van der Waals surface area contributed by atoms with Crippen molar-refractivity contribution in [2.45, 2.75) is 13.2 Å². The average Bonchev–Trinajstić information content (AvgIpc) is 2.88. The van der Waals surface area contributed by atoms with Gasteiger partial charge in [-0.1, -0.05) is 30.3 Å². The summed E-state index contributed by atoms with van der Waals surface area (Å²) >= 11 is 0. The number of alkyl carbamates (subject to hydrolysis) is 1. The number of rotatable bonds is 4. The standard InChI is InChI=1S/C12H13N3O2/c16-12(15-8-11-13-6-7-14-11)17-9-10-4-2-1-3-5-10/h1-7H,8-9H2,(H,13,14)(H,15,16). The van der Waals surface area contributed by atoms with Crippen LogP contribution in [0.2, 0.25) is 0 Å². The molecular formula is C12H13N3O2. The number of H-pyrrole nitrogens is 1. The van der Waals surface area contributed by atoms with Gasteiger partial charge in [0, 0.05) is 12.4 Å². The number of ether oxygens (including phenoxy) is 1. The van der Waals surface area contributed by atoms with Crippen LogP contribution in [0.25, 0.3) is 0 Å². The highest BCUT2D eigenvalue weighted by molar-refractivity contribution is 5.67. The summed E-state index contributed by atoms with van der Waals surface area (Å²) in [5.41, 5.74) is 0.959. The zero-order valence-electron chi connectivity index (χ0n) is 9.22. The Labute approximate surface area is 98.8 Å². The quantitative estimate of drug-likeness (QED) is 0.843. The van der Waals surface area contributed by atoms with Crippen LogP contribution in [0.1, 0.15) is 11.4 Å². The summed E-state index contributed by atoms with van der Waals surface area (Å²) in [4.78, 5) is 18.2. The van der Waals surface area contributed by atoms with E-state index < -0.39 is 6.09 Å². The maximum absolute atomic E-state index is 11.3. The molecule has 0 unspecified atom stereocenters. The second-order valence-electron chi connectivity index (χ2n) is 3.45. The second kappa shape index (κ2) is 5.69. The van der Waals surface area contributed by atoms with Gasteiger partial charge in [0.2, 0.25) is 0 Å². The number of amides is 1. The molecule has 0 atom stereocenters. The summed E-state index contributed by atoms with van der Waals surface area (Å²) in [5.74, 6) is 0.696. The van der Waals surface area contributed by atoms with E-state index in [1.165, 1.54) is 0 Å². The molecule has 17 heavy (non-hydrogen) atoms. The summed E-state index contributed by atoms with van der Waals surface area (Å²) in [6.45, 7) is 0.603. The number of carbonyl (C=O) groups is 1. The third-order valence-electron chi connectivity index (χ3n) is 2.17. The van der Waals surface area contributed by atoms with Gasteiger partial charge in [0.15, 0.2) is 0 Å². The molecule has 0 saturated heterocycles. The Balaban J connectivity index is 1.71. The molecule has 0 saturated carbocycles. The van der Waals surface area contributed by atoms with Crippen molar-refractivity contribution in [3.8, 4) is 0 Å². The molecule has 88 valence electrons. The predicted molar refractivity (Wildman–Crippen MR) is 62.1 cm³/mol. The molecule has 0 spiro atoms. The molecule has 0 fully saturated rings. The fourth-order valence-electron chi connectivity index (χ4n) is 1.32. The Bertz CT molecular complexity index is 454. The highest BCUT2D eigenvalue weighted by Gasteiger charge is 2.03. The molecule has 2 N–H and O–H groups in total. The summed E-state index contributed by atoms with van der Waals surface area (Å²) in [5, 5.41) is 2.60. The molecule has 0 aliphatic rings. The number of nitrogens with one attached hydrogen (secondary N) is 2. The van der Waals surface area contributed by atoms with E-state index in [1.807, 2.05) is 30.3 Å². The maximum atomic E-state index is 11.3. The Morgan fingerprint density at radius 3 is 2.88 bits per heavy atom. The van der Waals surface area contributed by atoms with E-state index in [-0.39, 0.29) is 6.61 Å². The zero-order chi connectivity index (χ0) is 11.9. The molecular weight excluding hydrogens is 218 g/mol. The lowest BCUT2D eigenvalue weighted by atomic mass is 10.2. The fraction of sp³-hybridized carbons (Fsp3) is 0.167. The fourth-order valence-corrected chi connectivity index (χ4v) is 1.32. The van der Waals surface area contributed by atoms with Crippen molar-refractivity contribution < 1.29 is 9.53 Å². The minimum absolute atomic E-state index is 0.269. The van der Waals surface area contributed by atoms with Crippen LogP contribution in [0.4, 0.5) is 4.79 Å². The van der Waals surface area contributed by atoms with Crippen molar-refractivity contribution in [2.24, 2.45) is 0 Å². The van der Waals surface area contributed by atoms with Crippen LogP contribution in [0.5, 0.6) is 0 Å². The maximum Gasteiger partial charge on any atom is 0.407 e. The average molecular weight is 231 g/mol. The topological polar surface area (TPSA) is 67.0 Å². The van der Waals surface area contributed by atoms with Crippen LogP contribution in [0, 0.1) is 0 Å². The van der Waals surface area contributed by atoms with Gasteiger partial charge >= 0.3 is 6.09 Å². The Morgan fingerprint density at radius 2 is 2.18 bits per heavy atom. The Kier molecular flexibility index (Phi) is 3.75. The van der Waals surface area contributed by atoms with Crippen molar-refractivity contribution in [1.29, 1.82) is 0 Å². The third-order valence-corrected chi connectivity index (χ3v) is 2.17. The summed E-state index contributed by atoms with van der Waals surface area (Å²) < 4.78 is 5.03. The lowest BCUT2D eigenvalue weighted by Crippen LogP contribution is -2.24. The van der Waals surface area contributed by atoms with Crippen LogP contribution in [0.15, 0.2) is 42.7 Å². The number of aromatic amines is 1. The number of carbonyl (C=O) groups excluding carboxylic acids is 1. The Morgan fingerprint density at radius 1 is 1.35 bits per heavy atom. The monoisotopic (exact) mass is 231 g/mol. The largest absolute Gasteiger partial charge is 0.445 e. The van der Waals surface area contributed by atoms with Gasteiger partial charge in [-0.25, -0.2) is 9.78 Å². The molecule has 1 amide bonds. The normalized spacial score (nSPS) is 9.88. The number of hydrogen-bond acceptors (Lipinski definition) is 3. The van der Waals surface area contributed by atoms with Crippen LogP contribution in [-0.4, -0.2) is 16.1 Å². The number of benzene rings is 1. The molecule has 0 bridgehead atoms. The van der Waals surface area contributed by atoms with Gasteiger partial charge in [0.1, 0.15) is 12.4 Å². The van der Waals surface area contributed by atoms with Crippen molar-refractivity contribution in [3.63, 3.8) is 0 Å². The van der Waals surface area contributed by atoms with Crippen LogP contribution in [-0.2, 0) is 17.9 Å². The third kappa shape index (κ3) is 3.64. The van der Waals surface area contributed by atoms with Crippen LogP contribution < -0.4 is 5.32 Å². The first-order chi connectivity index (χ1) is 8.34. The minimum Gasteiger partial charge on any atom is -0.445 e. The minimum atomic E-state index is -0.453. The second-order valence-corrected chi connectivity index (χ2v) is 3.45. The van der Waals surface area contributed by atoms with Crippen molar-refractivity contribution in [1.82, 2.24) is 15.3 Å². The number of hydrogen-bond donors (Lipinski definition) is 2. The first kappa shape index (κ1) is 11.2. The molecule has 1 heterocycles. The number of nitrogens with zero attached hydrogens (tertiary/aromatic N) is 1. The van der Waals surface area contributed by atoms with Crippen LogP contribution in [0.3, 0.4) is 0 Å². The molecule has 2 rings (SSSR count). The molecule has 2 aromatic rings. The first-order valence-corrected chi connectivity index (χ1v) is 5.27. The number of imidazole rings is 1.